The predicted molar refractivity (Wildman–Crippen MR) is 99.4 cm³/mol. The van der Waals surface area contributed by atoms with E-state index in [1.54, 1.807) is 4.90 Å². The highest BCUT2D eigenvalue weighted by Crippen LogP contribution is 2.25. The molecule has 5 nitrogen and oxygen atoms in total. The summed E-state index contributed by atoms with van der Waals surface area (Å²) < 4.78 is 0. The summed E-state index contributed by atoms with van der Waals surface area (Å²) >= 11 is 0. The third-order valence-electron chi connectivity index (χ3n) is 4.18. The lowest BCUT2D eigenvalue weighted by Crippen LogP contribution is -2.35. The second-order valence-electron chi connectivity index (χ2n) is 6.38. The molecule has 0 aliphatic carbocycles. The summed E-state index contributed by atoms with van der Waals surface area (Å²) in [7, 11) is 0. The summed E-state index contributed by atoms with van der Waals surface area (Å²) in [5, 5.41) is 2.88. The number of anilines is 1. The molecule has 2 amide bonds. The van der Waals surface area contributed by atoms with Gasteiger partial charge in [-0.3, -0.25) is 9.59 Å². The van der Waals surface area contributed by atoms with Crippen LogP contribution < -0.4 is 16.0 Å². The van der Waals surface area contributed by atoms with E-state index in [1.807, 2.05) is 19.1 Å². The minimum Gasteiger partial charge on any atom is -0.356 e. The van der Waals surface area contributed by atoms with Crippen molar-refractivity contribution in [2.75, 3.05) is 18.0 Å². The SMILES string of the molecule is CCCc1ccc(N2CC(C(=O)NCCC(C)N)CC2=O)cc1.Cl. The Balaban J connectivity index is 0.00000288. The first-order chi connectivity index (χ1) is 11.0. The van der Waals surface area contributed by atoms with E-state index < -0.39 is 0 Å². The zero-order chi connectivity index (χ0) is 16.8. The lowest BCUT2D eigenvalue weighted by Gasteiger charge is -2.17. The number of amides is 2. The zero-order valence-corrected chi connectivity index (χ0v) is 15.3. The Hall–Kier alpha value is -1.59. The first-order valence-electron chi connectivity index (χ1n) is 8.43. The second-order valence-corrected chi connectivity index (χ2v) is 6.38. The molecule has 1 saturated heterocycles. The molecule has 1 aromatic rings. The third kappa shape index (κ3) is 5.49. The molecule has 2 rings (SSSR count). The number of hydrogen-bond donors (Lipinski definition) is 2. The summed E-state index contributed by atoms with van der Waals surface area (Å²) in [5.74, 6) is -0.310. The molecule has 0 saturated carbocycles. The summed E-state index contributed by atoms with van der Waals surface area (Å²) in [5.41, 5.74) is 7.82. The van der Waals surface area contributed by atoms with Gasteiger partial charge in [-0.1, -0.05) is 25.5 Å². The Kier molecular flexibility index (Phi) is 8.22. The molecule has 0 aromatic heterocycles. The lowest BCUT2D eigenvalue weighted by molar-refractivity contribution is -0.126. The average molecular weight is 354 g/mol. The van der Waals surface area contributed by atoms with Crippen molar-refractivity contribution < 1.29 is 9.59 Å². The maximum atomic E-state index is 12.2. The van der Waals surface area contributed by atoms with Crippen LogP contribution in [0.4, 0.5) is 5.69 Å². The highest BCUT2D eigenvalue weighted by Gasteiger charge is 2.34. The quantitative estimate of drug-likeness (QED) is 0.789. The number of benzene rings is 1. The third-order valence-corrected chi connectivity index (χ3v) is 4.18. The predicted octanol–water partition coefficient (Wildman–Crippen LogP) is 2.27. The van der Waals surface area contributed by atoms with E-state index in [0.717, 1.165) is 24.9 Å². The Bertz CT molecular complexity index is 546. The Labute approximate surface area is 150 Å². The van der Waals surface area contributed by atoms with Crippen molar-refractivity contribution in [1.29, 1.82) is 0 Å². The molecule has 2 unspecified atom stereocenters. The molecule has 0 bridgehead atoms. The standard InChI is InChI=1S/C18H27N3O2.ClH/c1-3-4-14-5-7-16(8-6-14)21-12-15(11-17(21)22)18(23)20-10-9-13(2)19;/h5-8,13,15H,3-4,9-12,19H2,1-2H3,(H,20,23);1H. The molecule has 1 fully saturated rings. The van der Waals surface area contributed by atoms with E-state index in [9.17, 15) is 9.59 Å². The Morgan fingerprint density at radius 3 is 2.62 bits per heavy atom. The van der Waals surface area contributed by atoms with Crippen LogP contribution in [0, 0.1) is 5.92 Å². The van der Waals surface area contributed by atoms with Gasteiger partial charge in [0.2, 0.25) is 11.8 Å². The molecule has 1 heterocycles. The van der Waals surface area contributed by atoms with Crippen molar-refractivity contribution in [2.45, 2.75) is 45.6 Å². The van der Waals surface area contributed by atoms with E-state index in [1.165, 1.54) is 5.56 Å². The molecule has 1 aliphatic heterocycles. The van der Waals surface area contributed by atoms with Gasteiger partial charge in [0.15, 0.2) is 0 Å². The maximum Gasteiger partial charge on any atom is 0.227 e. The Morgan fingerprint density at radius 2 is 2.04 bits per heavy atom. The summed E-state index contributed by atoms with van der Waals surface area (Å²) in [6.45, 7) is 5.07. The van der Waals surface area contributed by atoms with Crippen LogP contribution in [0.5, 0.6) is 0 Å². The largest absolute Gasteiger partial charge is 0.356 e. The van der Waals surface area contributed by atoms with Gasteiger partial charge in [0.05, 0.1) is 5.92 Å². The number of nitrogens with zero attached hydrogens (tertiary/aromatic N) is 1. The van der Waals surface area contributed by atoms with E-state index in [0.29, 0.717) is 13.1 Å². The number of nitrogens with two attached hydrogens (primary N) is 1. The van der Waals surface area contributed by atoms with Gasteiger partial charge < -0.3 is 16.0 Å². The minimum atomic E-state index is -0.272. The van der Waals surface area contributed by atoms with Crippen LogP contribution >= 0.6 is 12.4 Å². The second kappa shape index (κ2) is 9.64. The molecule has 3 N–H and O–H groups in total. The van der Waals surface area contributed by atoms with Gasteiger partial charge >= 0.3 is 0 Å². The zero-order valence-electron chi connectivity index (χ0n) is 14.5. The number of carbonyl (C=O) groups excluding carboxylic acids is 2. The van der Waals surface area contributed by atoms with Crippen LogP contribution in [0.1, 0.15) is 38.7 Å². The fourth-order valence-corrected chi connectivity index (χ4v) is 2.83. The summed E-state index contributed by atoms with van der Waals surface area (Å²) in [6, 6.07) is 8.13. The van der Waals surface area contributed by atoms with Gasteiger partial charge in [0.25, 0.3) is 0 Å². The van der Waals surface area contributed by atoms with Gasteiger partial charge in [-0.2, -0.15) is 0 Å². The fraction of sp³-hybridized carbons (Fsp3) is 0.556. The molecule has 0 radical (unpaired) electrons. The number of halogens is 1. The summed E-state index contributed by atoms with van der Waals surface area (Å²) in [6.07, 6.45) is 3.17. The molecular weight excluding hydrogens is 326 g/mol. The van der Waals surface area contributed by atoms with Crippen molar-refractivity contribution >= 4 is 29.9 Å². The first kappa shape index (κ1) is 20.5. The van der Waals surface area contributed by atoms with Crippen molar-refractivity contribution in [1.82, 2.24) is 5.32 Å². The first-order valence-corrected chi connectivity index (χ1v) is 8.43. The van der Waals surface area contributed by atoms with E-state index in [2.05, 4.69) is 24.4 Å². The topological polar surface area (TPSA) is 75.4 Å². The van der Waals surface area contributed by atoms with E-state index in [4.69, 9.17) is 5.73 Å². The lowest BCUT2D eigenvalue weighted by atomic mass is 10.1. The van der Waals surface area contributed by atoms with Gasteiger partial charge in [0, 0.05) is 31.2 Å². The highest BCUT2D eigenvalue weighted by atomic mass is 35.5. The van der Waals surface area contributed by atoms with Crippen molar-refractivity contribution in [3.05, 3.63) is 29.8 Å². The van der Waals surface area contributed by atoms with Crippen LogP contribution in [0.3, 0.4) is 0 Å². The molecular formula is C18H28ClN3O2. The van der Waals surface area contributed by atoms with Gasteiger partial charge in [-0.25, -0.2) is 0 Å². The Morgan fingerprint density at radius 1 is 1.38 bits per heavy atom. The van der Waals surface area contributed by atoms with E-state index in [-0.39, 0.29) is 42.6 Å². The molecule has 1 aromatic carbocycles. The van der Waals surface area contributed by atoms with Crippen LogP contribution in [-0.4, -0.2) is 30.9 Å². The number of nitrogens with one attached hydrogen (secondary N) is 1. The molecule has 1 aliphatic rings. The molecule has 0 spiro atoms. The molecule has 2 atom stereocenters. The normalized spacial score (nSPS) is 18.2. The minimum absolute atomic E-state index is 0. The van der Waals surface area contributed by atoms with E-state index >= 15 is 0 Å². The van der Waals surface area contributed by atoms with Crippen molar-refractivity contribution in [2.24, 2.45) is 11.7 Å². The molecule has 24 heavy (non-hydrogen) atoms. The molecule has 6 heteroatoms. The van der Waals surface area contributed by atoms with Crippen LogP contribution in [0.25, 0.3) is 0 Å². The summed E-state index contributed by atoms with van der Waals surface area (Å²) in [4.78, 5) is 26.1. The number of aryl methyl sites for hydroxylation is 1. The molecule has 134 valence electrons. The monoisotopic (exact) mass is 353 g/mol. The fourth-order valence-electron chi connectivity index (χ4n) is 2.83. The van der Waals surface area contributed by atoms with Crippen LogP contribution in [0.15, 0.2) is 24.3 Å². The van der Waals surface area contributed by atoms with Crippen molar-refractivity contribution in [3.8, 4) is 0 Å². The number of carbonyl (C=O) groups is 2. The number of rotatable bonds is 7. The van der Waals surface area contributed by atoms with Gasteiger partial charge in [-0.05, 0) is 37.5 Å². The number of hydrogen-bond acceptors (Lipinski definition) is 3. The van der Waals surface area contributed by atoms with Gasteiger partial charge in [-0.15, -0.1) is 12.4 Å². The average Bonchev–Trinajstić information content (AvgIpc) is 2.90. The van der Waals surface area contributed by atoms with Crippen LogP contribution in [0.2, 0.25) is 0 Å². The maximum absolute atomic E-state index is 12.2. The van der Waals surface area contributed by atoms with Gasteiger partial charge in [0.1, 0.15) is 0 Å². The van der Waals surface area contributed by atoms with Crippen LogP contribution in [-0.2, 0) is 16.0 Å². The highest BCUT2D eigenvalue weighted by molar-refractivity contribution is 6.00. The smallest absolute Gasteiger partial charge is 0.227 e. The van der Waals surface area contributed by atoms with Crippen molar-refractivity contribution in [3.63, 3.8) is 0 Å².